The molecule has 0 aromatic heterocycles. The summed E-state index contributed by atoms with van der Waals surface area (Å²) in [6.45, 7) is 11.6. The molecule has 0 aliphatic heterocycles. The second-order valence-corrected chi connectivity index (χ2v) is 14.9. The van der Waals surface area contributed by atoms with Crippen molar-refractivity contribution in [2.24, 2.45) is 5.41 Å². The van der Waals surface area contributed by atoms with Crippen LogP contribution in [0.25, 0.3) is 30.4 Å². The standard InChI is InChI=1S/C53H44N4O6/c1-6-39-16-22-47(23-17-39)57(48-24-18-40(7-2)19-25-48)49-26-20-43(21-27-49)30-46(33-56)52(60)63-36-53(5,34-61-50(58)44(31-54)28-41-12-8-37(3)9-13-41)35-62-51(59)45(32-55)29-42-14-10-38(4)11-15-42/h6-30H,1-2,34-36H2,3-5H3/b44-28+,45-29+,46-30+. The fourth-order valence-electron chi connectivity index (χ4n) is 6.00. The van der Waals surface area contributed by atoms with Gasteiger partial charge in [0.2, 0.25) is 0 Å². The maximum Gasteiger partial charge on any atom is 0.348 e. The third-order valence-corrected chi connectivity index (χ3v) is 9.69. The summed E-state index contributed by atoms with van der Waals surface area (Å²) in [6, 6.07) is 43.0. The molecule has 0 aliphatic carbocycles. The van der Waals surface area contributed by atoms with Gasteiger partial charge in [-0.05, 0) is 103 Å². The van der Waals surface area contributed by atoms with Gasteiger partial charge >= 0.3 is 17.9 Å². The SMILES string of the molecule is C=Cc1ccc(N(c2ccc(C=C)cc2)c2ccc(/C=C(\C#N)C(=O)OCC(C)(COC(=O)/C(C#N)=C/c3ccc(C)cc3)COC(=O)/C(C#N)=C/c3ccc(C)cc3)cc2)cc1. The molecule has 0 spiro atoms. The Morgan fingerprint density at radius 2 is 0.746 bits per heavy atom. The number of carbonyl (C=O) groups is 3. The van der Waals surface area contributed by atoms with Gasteiger partial charge in [-0.15, -0.1) is 0 Å². The van der Waals surface area contributed by atoms with E-state index in [1.807, 2.05) is 117 Å². The van der Waals surface area contributed by atoms with Crippen LogP contribution < -0.4 is 4.90 Å². The number of esters is 3. The van der Waals surface area contributed by atoms with Crippen LogP contribution in [-0.2, 0) is 28.6 Å². The molecule has 63 heavy (non-hydrogen) atoms. The number of hydrogen-bond donors (Lipinski definition) is 0. The van der Waals surface area contributed by atoms with Crippen molar-refractivity contribution in [3.05, 3.63) is 190 Å². The van der Waals surface area contributed by atoms with E-state index in [9.17, 15) is 30.2 Å². The quantitative estimate of drug-likeness (QED) is 0.0383. The summed E-state index contributed by atoms with van der Waals surface area (Å²) in [4.78, 5) is 41.8. The highest BCUT2D eigenvalue weighted by Gasteiger charge is 2.32. The number of nitrogens with zero attached hydrogens (tertiary/aromatic N) is 4. The minimum Gasteiger partial charge on any atom is -0.461 e. The van der Waals surface area contributed by atoms with E-state index >= 15 is 0 Å². The van der Waals surface area contributed by atoms with Gasteiger partial charge in [-0.25, -0.2) is 14.4 Å². The van der Waals surface area contributed by atoms with Crippen LogP contribution >= 0.6 is 0 Å². The molecule has 0 radical (unpaired) electrons. The Balaban J connectivity index is 1.35. The van der Waals surface area contributed by atoms with Crippen LogP contribution in [0.5, 0.6) is 0 Å². The van der Waals surface area contributed by atoms with Gasteiger partial charge in [0.1, 0.15) is 54.7 Å². The van der Waals surface area contributed by atoms with Gasteiger partial charge in [0.25, 0.3) is 0 Å². The smallest absolute Gasteiger partial charge is 0.348 e. The van der Waals surface area contributed by atoms with Crippen molar-refractivity contribution in [1.82, 2.24) is 0 Å². The molecule has 0 saturated carbocycles. The van der Waals surface area contributed by atoms with E-state index in [0.717, 1.165) is 39.3 Å². The molecule has 5 aromatic rings. The zero-order valence-electron chi connectivity index (χ0n) is 35.2. The van der Waals surface area contributed by atoms with Crippen molar-refractivity contribution >= 4 is 65.4 Å². The molecule has 0 amide bonds. The van der Waals surface area contributed by atoms with Crippen LogP contribution in [0.15, 0.2) is 151 Å². The summed E-state index contributed by atoms with van der Waals surface area (Å²) in [5.74, 6) is -2.90. The van der Waals surface area contributed by atoms with E-state index in [0.29, 0.717) is 16.7 Å². The first-order valence-corrected chi connectivity index (χ1v) is 19.7. The average molecular weight is 833 g/mol. The average Bonchev–Trinajstić information content (AvgIpc) is 3.31. The van der Waals surface area contributed by atoms with E-state index in [-0.39, 0.29) is 16.7 Å². The Morgan fingerprint density at radius 1 is 0.492 bits per heavy atom. The molecule has 0 heterocycles. The van der Waals surface area contributed by atoms with E-state index in [1.165, 1.54) is 25.2 Å². The predicted octanol–water partition coefficient (Wildman–Crippen LogP) is 10.8. The summed E-state index contributed by atoms with van der Waals surface area (Å²) >= 11 is 0. The highest BCUT2D eigenvalue weighted by atomic mass is 16.6. The Kier molecular flexibility index (Phi) is 15.7. The lowest BCUT2D eigenvalue weighted by Gasteiger charge is -2.28. The van der Waals surface area contributed by atoms with Gasteiger partial charge in [0, 0.05) is 17.1 Å². The second-order valence-electron chi connectivity index (χ2n) is 14.9. The van der Waals surface area contributed by atoms with Gasteiger partial charge in [-0.2, -0.15) is 15.8 Å². The van der Waals surface area contributed by atoms with Gasteiger partial charge < -0.3 is 19.1 Å². The number of carbonyl (C=O) groups excluding carboxylic acids is 3. The molecule has 0 aliphatic rings. The predicted molar refractivity (Wildman–Crippen MR) is 245 cm³/mol. The Labute approximate surface area is 367 Å². The Morgan fingerprint density at radius 3 is 1.00 bits per heavy atom. The minimum absolute atomic E-state index is 0.289. The number of nitriles is 3. The van der Waals surface area contributed by atoms with Crippen LogP contribution in [0.1, 0.15) is 45.9 Å². The maximum atomic E-state index is 13.5. The first-order chi connectivity index (χ1) is 30.4. The molecule has 0 saturated heterocycles. The monoisotopic (exact) mass is 832 g/mol. The highest BCUT2D eigenvalue weighted by molar-refractivity contribution is 5.99. The van der Waals surface area contributed by atoms with Crippen molar-refractivity contribution in [1.29, 1.82) is 15.8 Å². The second kappa shape index (κ2) is 21.7. The van der Waals surface area contributed by atoms with Crippen LogP contribution in [0.4, 0.5) is 17.1 Å². The Hall–Kier alpha value is -8.52. The molecule has 10 nitrogen and oxygen atoms in total. The zero-order valence-corrected chi connectivity index (χ0v) is 35.2. The maximum absolute atomic E-state index is 13.5. The summed E-state index contributed by atoms with van der Waals surface area (Å²) in [6.07, 6.45) is 7.68. The largest absolute Gasteiger partial charge is 0.461 e. The van der Waals surface area contributed by atoms with E-state index in [1.54, 1.807) is 48.6 Å². The number of rotatable bonds is 17. The van der Waals surface area contributed by atoms with E-state index in [4.69, 9.17) is 14.2 Å². The first kappa shape index (κ1) is 45.6. The number of aryl methyl sites for hydroxylation is 2. The molecule has 0 bridgehead atoms. The molecule has 0 N–H and O–H groups in total. The number of benzene rings is 5. The molecule has 5 rings (SSSR count). The summed E-state index contributed by atoms with van der Waals surface area (Å²) in [7, 11) is 0. The van der Waals surface area contributed by atoms with Gasteiger partial charge in [-0.3, -0.25) is 0 Å². The zero-order chi connectivity index (χ0) is 45.4. The third kappa shape index (κ3) is 12.7. The topological polar surface area (TPSA) is 154 Å². The molecule has 0 atom stereocenters. The van der Waals surface area contributed by atoms with Crippen molar-refractivity contribution in [3.8, 4) is 18.2 Å². The van der Waals surface area contributed by atoms with Crippen molar-refractivity contribution in [3.63, 3.8) is 0 Å². The fraction of sp³-hybridized carbons (Fsp3) is 0.132. The lowest BCUT2D eigenvalue weighted by atomic mass is 9.94. The summed E-state index contributed by atoms with van der Waals surface area (Å²) in [5.41, 5.74) is 5.98. The summed E-state index contributed by atoms with van der Waals surface area (Å²) in [5, 5.41) is 29.6. The first-order valence-electron chi connectivity index (χ1n) is 19.7. The normalized spacial score (nSPS) is 11.5. The van der Waals surface area contributed by atoms with Crippen LogP contribution in [0.2, 0.25) is 0 Å². The number of ether oxygens (including phenoxy) is 3. The van der Waals surface area contributed by atoms with Gasteiger partial charge in [0.15, 0.2) is 0 Å². The van der Waals surface area contributed by atoms with Crippen LogP contribution in [-0.4, -0.2) is 37.7 Å². The minimum atomic E-state index is -1.39. The van der Waals surface area contributed by atoms with Crippen molar-refractivity contribution in [2.75, 3.05) is 24.7 Å². The van der Waals surface area contributed by atoms with Crippen LogP contribution in [0.3, 0.4) is 0 Å². The number of anilines is 3. The highest BCUT2D eigenvalue weighted by Crippen LogP contribution is 2.35. The molecular formula is C53H44N4O6. The number of hydrogen-bond acceptors (Lipinski definition) is 10. The van der Waals surface area contributed by atoms with Crippen molar-refractivity contribution < 1.29 is 28.6 Å². The van der Waals surface area contributed by atoms with E-state index < -0.39 is 43.1 Å². The molecular weight excluding hydrogens is 789 g/mol. The molecule has 0 unspecified atom stereocenters. The molecule has 5 aromatic carbocycles. The Bertz CT molecular complexity index is 2550. The lowest BCUT2D eigenvalue weighted by molar-refractivity contribution is -0.155. The van der Waals surface area contributed by atoms with Crippen LogP contribution in [0, 0.1) is 53.3 Å². The van der Waals surface area contributed by atoms with Gasteiger partial charge in [0.05, 0.1) is 5.41 Å². The lowest BCUT2D eigenvalue weighted by Crippen LogP contribution is -2.37. The fourth-order valence-corrected chi connectivity index (χ4v) is 6.00. The summed E-state index contributed by atoms with van der Waals surface area (Å²) < 4.78 is 16.7. The molecule has 10 heteroatoms. The van der Waals surface area contributed by atoms with E-state index in [2.05, 4.69) is 18.1 Å². The molecule has 312 valence electrons. The van der Waals surface area contributed by atoms with Crippen molar-refractivity contribution in [2.45, 2.75) is 20.8 Å². The third-order valence-electron chi connectivity index (χ3n) is 9.69. The van der Waals surface area contributed by atoms with Gasteiger partial charge in [-0.1, -0.05) is 121 Å². The molecule has 0 fully saturated rings.